The minimum absolute atomic E-state index is 0.105. The molecule has 2 fully saturated rings. The summed E-state index contributed by atoms with van der Waals surface area (Å²) in [6, 6.07) is 0. The third-order valence-electron chi connectivity index (χ3n) is 6.50. The summed E-state index contributed by atoms with van der Waals surface area (Å²) in [4.78, 5) is 59.3. The van der Waals surface area contributed by atoms with Crippen LogP contribution in [0.5, 0.6) is 0 Å². The van der Waals surface area contributed by atoms with Gasteiger partial charge in [-0.05, 0) is 12.3 Å². The third kappa shape index (κ3) is 7.87. The Balaban J connectivity index is 2.56. The second kappa shape index (κ2) is 13.3. The van der Waals surface area contributed by atoms with E-state index in [9.17, 15) is 24.0 Å². The fourth-order valence-electron chi connectivity index (χ4n) is 4.56. The molecule has 0 amide bonds. The van der Waals surface area contributed by atoms with Gasteiger partial charge in [-0.2, -0.15) is 0 Å². The van der Waals surface area contributed by atoms with Crippen LogP contribution in [0.4, 0.5) is 0 Å². The Morgan fingerprint density at radius 1 is 0.711 bits per heavy atom. The predicted molar refractivity (Wildman–Crippen MR) is 126 cm³/mol. The maximum absolute atomic E-state index is 12.1. The van der Waals surface area contributed by atoms with Crippen molar-refractivity contribution in [3.05, 3.63) is 0 Å². The summed E-state index contributed by atoms with van der Waals surface area (Å²) in [5, 5.41) is 0. The van der Waals surface area contributed by atoms with E-state index in [1.807, 2.05) is 13.8 Å². The summed E-state index contributed by atoms with van der Waals surface area (Å²) in [7, 11) is 0. The SMILES string of the molecule is CC[C@H]1O[C@@](COC(C)=O)(O[C@H]2OC(COC(C)=O)[C@@H](C)[C@H](C)C2OC(C)=O)[C@H](OC(C)=O)C1OC(C)=O. The van der Waals surface area contributed by atoms with Gasteiger partial charge in [-0.1, -0.05) is 20.8 Å². The standard InChI is InChI=1S/C25H38O13/c1-9-19-22(34-17(7)29)23(35-18(8)30)25(37-19,11-32-15(5)27)38-24-21(33-16(6)28)13(3)12(2)20(36-24)10-31-14(4)26/h12-13,19-24H,9-11H2,1-8H3/t12-,13-,19+,20?,21?,22?,23+,24+,25-/m0/s1. The molecule has 216 valence electrons. The molecule has 2 heterocycles. The van der Waals surface area contributed by atoms with Crippen LogP contribution < -0.4 is 0 Å². The number of rotatable bonds is 10. The van der Waals surface area contributed by atoms with E-state index in [0.717, 1.165) is 6.92 Å². The molecule has 0 aromatic heterocycles. The molecule has 13 heteroatoms. The van der Waals surface area contributed by atoms with Gasteiger partial charge < -0.3 is 37.9 Å². The normalized spacial score (nSPS) is 34.6. The van der Waals surface area contributed by atoms with Crippen LogP contribution in [0.2, 0.25) is 0 Å². The smallest absolute Gasteiger partial charge is 0.303 e. The molecule has 2 saturated heterocycles. The van der Waals surface area contributed by atoms with Gasteiger partial charge in [-0.25, -0.2) is 0 Å². The molecule has 0 bridgehead atoms. The van der Waals surface area contributed by atoms with Crippen molar-refractivity contribution in [3.63, 3.8) is 0 Å². The number of hydrogen-bond donors (Lipinski definition) is 0. The molecule has 0 saturated carbocycles. The lowest BCUT2D eigenvalue weighted by molar-refractivity contribution is -0.375. The van der Waals surface area contributed by atoms with E-state index in [2.05, 4.69) is 0 Å². The average Bonchev–Trinajstić information content (AvgIpc) is 3.07. The molecule has 13 nitrogen and oxygen atoms in total. The van der Waals surface area contributed by atoms with Gasteiger partial charge in [0.05, 0.1) is 6.10 Å². The number of carbonyl (C=O) groups excluding carboxylic acids is 5. The van der Waals surface area contributed by atoms with E-state index in [0.29, 0.717) is 6.42 Å². The molecule has 9 atom stereocenters. The second-order valence-corrected chi connectivity index (χ2v) is 9.52. The van der Waals surface area contributed by atoms with Crippen molar-refractivity contribution >= 4 is 29.8 Å². The van der Waals surface area contributed by atoms with Gasteiger partial charge in [0, 0.05) is 40.5 Å². The summed E-state index contributed by atoms with van der Waals surface area (Å²) in [5.74, 6) is -5.80. The molecular formula is C25H38O13. The lowest BCUT2D eigenvalue weighted by Crippen LogP contribution is -2.60. The molecular weight excluding hydrogens is 508 g/mol. The van der Waals surface area contributed by atoms with E-state index in [4.69, 9.17) is 37.9 Å². The predicted octanol–water partition coefficient (Wildman–Crippen LogP) is 1.43. The zero-order valence-corrected chi connectivity index (χ0v) is 23.0. The lowest BCUT2D eigenvalue weighted by Gasteiger charge is -2.46. The molecule has 0 aromatic rings. The monoisotopic (exact) mass is 546 g/mol. The molecule has 0 radical (unpaired) electrons. The van der Waals surface area contributed by atoms with Crippen LogP contribution in [0.3, 0.4) is 0 Å². The molecule has 3 unspecified atom stereocenters. The summed E-state index contributed by atoms with van der Waals surface area (Å²) in [5.41, 5.74) is 0. The molecule has 2 aliphatic rings. The van der Waals surface area contributed by atoms with Crippen molar-refractivity contribution in [2.45, 2.75) is 104 Å². The second-order valence-electron chi connectivity index (χ2n) is 9.52. The molecule has 0 aliphatic carbocycles. The van der Waals surface area contributed by atoms with Gasteiger partial charge in [0.2, 0.25) is 5.79 Å². The lowest BCUT2D eigenvalue weighted by atomic mass is 9.83. The van der Waals surface area contributed by atoms with Crippen molar-refractivity contribution < 1.29 is 61.9 Å². The summed E-state index contributed by atoms with van der Waals surface area (Å²) in [6.45, 7) is 10.7. The van der Waals surface area contributed by atoms with Gasteiger partial charge in [-0.15, -0.1) is 0 Å². The molecule has 0 aromatic carbocycles. The van der Waals surface area contributed by atoms with Crippen molar-refractivity contribution in [3.8, 4) is 0 Å². The summed E-state index contributed by atoms with van der Waals surface area (Å²) in [6.07, 6.45) is -5.98. The van der Waals surface area contributed by atoms with Crippen molar-refractivity contribution in [2.24, 2.45) is 11.8 Å². The van der Waals surface area contributed by atoms with Gasteiger partial charge in [-0.3, -0.25) is 24.0 Å². The summed E-state index contributed by atoms with van der Waals surface area (Å²) < 4.78 is 45.5. The molecule has 2 aliphatic heterocycles. The van der Waals surface area contributed by atoms with Gasteiger partial charge in [0.25, 0.3) is 0 Å². The van der Waals surface area contributed by atoms with Gasteiger partial charge >= 0.3 is 29.8 Å². The Bertz CT molecular complexity index is 886. The van der Waals surface area contributed by atoms with Crippen LogP contribution in [0, 0.1) is 11.8 Å². The molecule has 0 spiro atoms. The maximum atomic E-state index is 12.1. The van der Waals surface area contributed by atoms with Crippen LogP contribution in [0.1, 0.15) is 61.8 Å². The third-order valence-corrected chi connectivity index (χ3v) is 6.50. The fourth-order valence-corrected chi connectivity index (χ4v) is 4.56. The molecule has 0 N–H and O–H groups in total. The van der Waals surface area contributed by atoms with Gasteiger partial charge in [0.15, 0.2) is 24.6 Å². The summed E-state index contributed by atoms with van der Waals surface area (Å²) >= 11 is 0. The van der Waals surface area contributed by atoms with E-state index in [1.54, 1.807) is 6.92 Å². The van der Waals surface area contributed by atoms with Crippen molar-refractivity contribution in [1.29, 1.82) is 0 Å². The van der Waals surface area contributed by atoms with E-state index in [1.165, 1.54) is 27.7 Å². The fraction of sp³-hybridized carbons (Fsp3) is 0.800. The Hall–Kier alpha value is -2.77. The van der Waals surface area contributed by atoms with Crippen molar-refractivity contribution in [2.75, 3.05) is 13.2 Å². The van der Waals surface area contributed by atoms with Crippen LogP contribution in [0.25, 0.3) is 0 Å². The van der Waals surface area contributed by atoms with E-state index < -0.39 is 79.1 Å². The van der Waals surface area contributed by atoms with Crippen LogP contribution in [0.15, 0.2) is 0 Å². The van der Waals surface area contributed by atoms with E-state index in [-0.39, 0.29) is 18.4 Å². The Labute approximate surface area is 221 Å². The molecule has 38 heavy (non-hydrogen) atoms. The zero-order chi connectivity index (χ0) is 28.8. The topological polar surface area (TPSA) is 159 Å². The quantitative estimate of drug-likeness (QED) is 0.286. The number of ether oxygens (including phenoxy) is 8. The maximum Gasteiger partial charge on any atom is 0.303 e. The first-order valence-corrected chi connectivity index (χ1v) is 12.5. The van der Waals surface area contributed by atoms with Crippen molar-refractivity contribution in [1.82, 2.24) is 0 Å². The van der Waals surface area contributed by atoms with Gasteiger partial charge in [0.1, 0.15) is 19.3 Å². The largest absolute Gasteiger partial charge is 0.463 e. The minimum Gasteiger partial charge on any atom is -0.463 e. The zero-order valence-electron chi connectivity index (χ0n) is 23.0. The number of esters is 5. The highest BCUT2D eigenvalue weighted by Gasteiger charge is 2.63. The first-order chi connectivity index (χ1) is 17.7. The molecule has 2 rings (SSSR count). The Kier molecular flexibility index (Phi) is 11.0. The number of carbonyl (C=O) groups is 5. The van der Waals surface area contributed by atoms with Crippen LogP contribution >= 0.6 is 0 Å². The van der Waals surface area contributed by atoms with Crippen LogP contribution in [-0.2, 0) is 61.9 Å². The Morgan fingerprint density at radius 3 is 1.76 bits per heavy atom. The first kappa shape index (κ1) is 31.4. The first-order valence-electron chi connectivity index (χ1n) is 12.5. The van der Waals surface area contributed by atoms with E-state index >= 15 is 0 Å². The highest BCUT2D eigenvalue weighted by molar-refractivity contribution is 5.68. The average molecular weight is 547 g/mol. The highest BCUT2D eigenvalue weighted by Crippen LogP contribution is 2.42. The van der Waals surface area contributed by atoms with Crippen LogP contribution in [-0.4, -0.2) is 85.7 Å². The highest BCUT2D eigenvalue weighted by atomic mass is 16.8. The minimum atomic E-state index is -2.01. The number of hydrogen-bond acceptors (Lipinski definition) is 13. The Morgan fingerprint density at radius 2 is 1.26 bits per heavy atom.